The zero-order valence-electron chi connectivity index (χ0n) is 28.9. The van der Waals surface area contributed by atoms with Gasteiger partial charge < -0.3 is 13.7 Å². The monoisotopic (exact) mass is 683 g/mol. The van der Waals surface area contributed by atoms with Crippen molar-refractivity contribution in [2.75, 3.05) is 4.90 Å². The maximum absolute atomic E-state index is 6.42. The summed E-state index contributed by atoms with van der Waals surface area (Å²) in [5.74, 6) is 0. The maximum atomic E-state index is 6.42. The molecule has 0 atom stereocenters. The Hall–Kier alpha value is -6.36. The standard InChI is InChI=1S/C48H33NO2Si/c1-52(2)44-28-27-43-47(37-15-6-8-19-41(37)51-43)48(44)38-26-25-33(29-45(38)52)49(39-17-10-20-42-46(39)36-14-5-7-18-40(36)50-42)32-23-21-31(22-24-32)35-16-9-12-30-11-3-4-13-34(30)35/h3-29H,1-2H3. The molecule has 8 aromatic carbocycles. The normalized spacial score (nSPS) is 13.3. The van der Waals surface area contributed by atoms with Crippen LogP contribution in [0.3, 0.4) is 0 Å². The largest absolute Gasteiger partial charge is 0.456 e. The van der Waals surface area contributed by atoms with Crippen LogP contribution in [0.1, 0.15) is 0 Å². The van der Waals surface area contributed by atoms with Crippen molar-refractivity contribution in [3.05, 3.63) is 164 Å². The summed E-state index contributed by atoms with van der Waals surface area (Å²) in [7, 11) is -2.09. The van der Waals surface area contributed by atoms with Crippen LogP contribution in [0.2, 0.25) is 13.1 Å². The first-order chi connectivity index (χ1) is 25.5. The van der Waals surface area contributed by atoms with Gasteiger partial charge in [-0.2, -0.15) is 0 Å². The lowest BCUT2D eigenvalue weighted by atomic mass is 9.97. The van der Waals surface area contributed by atoms with Crippen LogP contribution in [-0.4, -0.2) is 8.07 Å². The minimum absolute atomic E-state index is 0.883. The van der Waals surface area contributed by atoms with Crippen molar-refractivity contribution in [1.82, 2.24) is 0 Å². The van der Waals surface area contributed by atoms with E-state index in [1.165, 1.54) is 54.2 Å². The van der Waals surface area contributed by atoms with E-state index in [1.54, 1.807) is 0 Å². The van der Waals surface area contributed by atoms with E-state index >= 15 is 0 Å². The molecule has 4 heteroatoms. The van der Waals surface area contributed by atoms with Gasteiger partial charge in [-0.3, -0.25) is 0 Å². The molecule has 2 aromatic heterocycles. The van der Waals surface area contributed by atoms with Gasteiger partial charge in [0.15, 0.2) is 0 Å². The molecule has 1 aliphatic rings. The van der Waals surface area contributed by atoms with E-state index in [0.717, 1.165) is 50.2 Å². The summed E-state index contributed by atoms with van der Waals surface area (Å²) in [5.41, 5.74) is 12.1. The van der Waals surface area contributed by atoms with Crippen LogP contribution in [0, 0.1) is 0 Å². The quantitative estimate of drug-likeness (QED) is 0.173. The second-order valence-electron chi connectivity index (χ2n) is 14.5. The lowest BCUT2D eigenvalue weighted by Gasteiger charge is -2.28. The van der Waals surface area contributed by atoms with Gasteiger partial charge in [-0.05, 0) is 98.0 Å². The molecule has 1 aliphatic heterocycles. The third-order valence-electron chi connectivity index (χ3n) is 11.3. The molecule has 0 spiro atoms. The summed E-state index contributed by atoms with van der Waals surface area (Å²) in [4.78, 5) is 2.42. The number of fused-ring (bicyclic) bond motifs is 11. The van der Waals surface area contributed by atoms with Crippen molar-refractivity contribution in [1.29, 1.82) is 0 Å². The van der Waals surface area contributed by atoms with Crippen LogP contribution >= 0.6 is 0 Å². The van der Waals surface area contributed by atoms with E-state index in [0.29, 0.717) is 0 Å². The number of rotatable bonds is 4. The number of furan rings is 2. The average molecular weight is 684 g/mol. The SMILES string of the molecule is C[Si]1(C)c2cc(N(c3ccc(-c4cccc5ccccc45)cc3)c3cccc4oc5ccccc5c34)ccc2-c2c1ccc1oc3ccccc3c21. The lowest BCUT2D eigenvalue weighted by Crippen LogP contribution is -2.49. The molecule has 0 aliphatic carbocycles. The predicted octanol–water partition coefficient (Wildman–Crippen LogP) is 12.6. The topological polar surface area (TPSA) is 29.5 Å². The zero-order chi connectivity index (χ0) is 34.6. The third kappa shape index (κ3) is 4.13. The van der Waals surface area contributed by atoms with Crippen molar-refractivity contribution in [3.63, 3.8) is 0 Å². The minimum atomic E-state index is -2.09. The molecule has 0 N–H and O–H groups in total. The van der Waals surface area contributed by atoms with Gasteiger partial charge in [-0.25, -0.2) is 0 Å². The summed E-state index contributed by atoms with van der Waals surface area (Å²) >= 11 is 0. The van der Waals surface area contributed by atoms with Crippen molar-refractivity contribution in [2.45, 2.75) is 13.1 Å². The molecule has 0 fully saturated rings. The lowest BCUT2D eigenvalue weighted by molar-refractivity contribution is 0.668. The molecule has 246 valence electrons. The molecule has 52 heavy (non-hydrogen) atoms. The Morgan fingerprint density at radius 1 is 0.442 bits per heavy atom. The molecule has 0 saturated carbocycles. The predicted molar refractivity (Wildman–Crippen MR) is 221 cm³/mol. The highest BCUT2D eigenvalue weighted by molar-refractivity contribution is 7.04. The van der Waals surface area contributed by atoms with Crippen LogP contribution in [0.5, 0.6) is 0 Å². The Morgan fingerprint density at radius 2 is 1.06 bits per heavy atom. The number of nitrogens with zero attached hydrogens (tertiary/aromatic N) is 1. The molecular weight excluding hydrogens is 651 g/mol. The average Bonchev–Trinajstić information content (AvgIpc) is 3.83. The fourth-order valence-electron chi connectivity index (χ4n) is 8.81. The van der Waals surface area contributed by atoms with Gasteiger partial charge in [0.25, 0.3) is 0 Å². The fourth-order valence-corrected chi connectivity index (χ4v) is 11.9. The van der Waals surface area contributed by atoms with E-state index in [2.05, 4.69) is 176 Å². The molecule has 0 unspecified atom stereocenters. The first-order valence-corrected chi connectivity index (χ1v) is 20.9. The summed E-state index contributed by atoms with van der Waals surface area (Å²) < 4.78 is 12.8. The van der Waals surface area contributed by atoms with Gasteiger partial charge in [-0.15, -0.1) is 0 Å². The van der Waals surface area contributed by atoms with Crippen molar-refractivity contribution < 1.29 is 8.83 Å². The molecule has 10 aromatic rings. The number of hydrogen-bond donors (Lipinski definition) is 0. The second kappa shape index (κ2) is 10.8. The van der Waals surface area contributed by atoms with E-state index in [-0.39, 0.29) is 0 Å². The van der Waals surface area contributed by atoms with Crippen molar-refractivity contribution >= 4 is 90.2 Å². The van der Waals surface area contributed by atoms with Crippen LogP contribution in [0.15, 0.2) is 173 Å². The zero-order valence-corrected chi connectivity index (χ0v) is 29.9. The fraction of sp³-hybridized carbons (Fsp3) is 0.0417. The number of para-hydroxylation sites is 2. The van der Waals surface area contributed by atoms with E-state index in [9.17, 15) is 0 Å². The minimum Gasteiger partial charge on any atom is -0.456 e. The summed E-state index contributed by atoms with van der Waals surface area (Å²) in [6.07, 6.45) is 0. The van der Waals surface area contributed by atoms with E-state index in [1.807, 2.05) is 6.07 Å². The number of hydrogen-bond acceptors (Lipinski definition) is 3. The molecule has 3 heterocycles. The van der Waals surface area contributed by atoms with Crippen molar-refractivity contribution in [3.8, 4) is 22.3 Å². The number of anilines is 3. The first kappa shape index (κ1) is 29.4. The Kier molecular flexibility index (Phi) is 6.11. The van der Waals surface area contributed by atoms with E-state index < -0.39 is 8.07 Å². The number of benzene rings is 8. The smallest absolute Gasteiger partial charge is 0.137 e. The molecule has 0 radical (unpaired) electrons. The molecule has 11 rings (SSSR count). The van der Waals surface area contributed by atoms with Crippen LogP contribution in [-0.2, 0) is 0 Å². The summed E-state index contributed by atoms with van der Waals surface area (Å²) in [5, 5.41) is 10.1. The Morgan fingerprint density at radius 3 is 1.85 bits per heavy atom. The Balaban J connectivity index is 1.13. The molecule has 0 bridgehead atoms. The van der Waals surface area contributed by atoms with Gasteiger partial charge in [-0.1, -0.05) is 122 Å². The summed E-state index contributed by atoms with van der Waals surface area (Å²) in [6.45, 7) is 4.98. The first-order valence-electron chi connectivity index (χ1n) is 17.9. The molecule has 3 nitrogen and oxygen atoms in total. The Labute approximate surface area is 302 Å². The Bertz CT molecular complexity index is 3050. The van der Waals surface area contributed by atoms with Gasteiger partial charge in [0.2, 0.25) is 0 Å². The van der Waals surface area contributed by atoms with Gasteiger partial charge in [0, 0.05) is 27.5 Å². The molecular formula is C48H33NO2Si. The van der Waals surface area contributed by atoms with Crippen LogP contribution in [0.25, 0.3) is 76.9 Å². The highest BCUT2D eigenvalue weighted by atomic mass is 28.3. The van der Waals surface area contributed by atoms with E-state index in [4.69, 9.17) is 8.83 Å². The molecule has 0 saturated heterocycles. The highest BCUT2D eigenvalue weighted by Gasteiger charge is 2.40. The maximum Gasteiger partial charge on any atom is 0.137 e. The van der Waals surface area contributed by atoms with Crippen LogP contribution in [0.4, 0.5) is 17.1 Å². The highest BCUT2D eigenvalue weighted by Crippen LogP contribution is 2.45. The third-order valence-corrected chi connectivity index (χ3v) is 14.8. The second-order valence-corrected chi connectivity index (χ2v) is 18.8. The summed E-state index contributed by atoms with van der Waals surface area (Å²) in [6, 6.07) is 59.1. The van der Waals surface area contributed by atoms with Gasteiger partial charge >= 0.3 is 0 Å². The van der Waals surface area contributed by atoms with Crippen LogP contribution < -0.4 is 15.3 Å². The molecule has 0 amide bonds. The van der Waals surface area contributed by atoms with Gasteiger partial charge in [0.1, 0.15) is 30.4 Å². The van der Waals surface area contributed by atoms with Crippen molar-refractivity contribution in [2.24, 2.45) is 0 Å². The van der Waals surface area contributed by atoms with Gasteiger partial charge in [0.05, 0.1) is 11.1 Å².